The Hall–Kier alpha value is -3.28. The molecule has 0 aliphatic carbocycles. The highest BCUT2D eigenvalue weighted by Gasteiger charge is 2.16. The van der Waals surface area contributed by atoms with Crippen molar-refractivity contribution >= 4 is 22.1 Å². The fourth-order valence-electron chi connectivity index (χ4n) is 4.77. The van der Waals surface area contributed by atoms with Gasteiger partial charge in [-0.1, -0.05) is 61.4 Å². The summed E-state index contributed by atoms with van der Waals surface area (Å²) in [4.78, 5) is 13.2. The molecule has 0 fully saturated rings. The number of aliphatic hydroxyl groups is 1. The van der Waals surface area contributed by atoms with Gasteiger partial charge in [0.15, 0.2) is 0 Å². The van der Waals surface area contributed by atoms with Crippen molar-refractivity contribution in [1.82, 2.24) is 4.90 Å². The number of unbranched alkanes of at least 4 members (excludes halogenated alkanes) is 4. The van der Waals surface area contributed by atoms with E-state index in [2.05, 4.69) is 22.3 Å². The first-order valence-corrected chi connectivity index (χ1v) is 16.0. The molecule has 228 valence electrons. The van der Waals surface area contributed by atoms with Crippen molar-refractivity contribution < 1.29 is 28.2 Å². The van der Waals surface area contributed by atoms with Crippen LogP contribution in [0.25, 0.3) is 0 Å². The molecule has 0 unspecified atom stereocenters. The van der Waals surface area contributed by atoms with Crippen LogP contribution in [-0.2, 0) is 32.5 Å². The number of hydrogen-bond donors (Lipinski definition) is 4. The van der Waals surface area contributed by atoms with E-state index in [-0.39, 0.29) is 16.3 Å². The Morgan fingerprint density at radius 3 is 2.33 bits per heavy atom. The van der Waals surface area contributed by atoms with Crippen LogP contribution in [-0.4, -0.2) is 56.2 Å². The van der Waals surface area contributed by atoms with Crippen LogP contribution in [0.4, 0.5) is 5.69 Å². The fraction of sp³-hybridized carbons (Fsp3) is 0.406. The minimum absolute atomic E-state index is 0.0451. The normalized spacial score (nSPS) is 12.4. The van der Waals surface area contributed by atoms with Gasteiger partial charge in [0, 0.05) is 26.3 Å². The molecule has 0 aliphatic heterocycles. The average Bonchev–Trinajstić information content (AvgIpc) is 2.97. The van der Waals surface area contributed by atoms with Gasteiger partial charge in [0.25, 0.3) is 0 Å². The molecule has 9 nitrogen and oxygen atoms in total. The highest BCUT2D eigenvalue weighted by molar-refractivity contribution is 7.89. The molecule has 1 amide bonds. The van der Waals surface area contributed by atoms with Crippen LogP contribution < -0.4 is 10.5 Å². The van der Waals surface area contributed by atoms with Gasteiger partial charge in [-0.15, -0.1) is 0 Å². The Balaban J connectivity index is 1.34. The number of nitrogens with one attached hydrogen (secondary N) is 1. The lowest BCUT2D eigenvalue weighted by molar-refractivity contribution is -0.105. The summed E-state index contributed by atoms with van der Waals surface area (Å²) in [6.45, 7) is 3.36. The van der Waals surface area contributed by atoms with Crippen molar-refractivity contribution in [1.29, 1.82) is 0 Å². The number of anilines is 1. The maximum absolute atomic E-state index is 11.5. The molecule has 10 heteroatoms. The number of carbonyl (C=O) groups excluding carboxylic acids is 1. The number of hydrogen-bond acceptors (Lipinski definition) is 7. The number of primary sulfonamides is 1. The number of aliphatic hydroxyl groups excluding tert-OH is 1. The summed E-state index contributed by atoms with van der Waals surface area (Å²) >= 11 is 0. The molecule has 42 heavy (non-hydrogen) atoms. The number of ether oxygens (including phenoxy) is 1. The molecule has 5 N–H and O–H groups in total. The van der Waals surface area contributed by atoms with E-state index in [9.17, 15) is 23.4 Å². The van der Waals surface area contributed by atoms with Crippen LogP contribution in [0.2, 0.25) is 0 Å². The van der Waals surface area contributed by atoms with Crippen molar-refractivity contribution in [3.63, 3.8) is 0 Å². The van der Waals surface area contributed by atoms with Gasteiger partial charge in [0.1, 0.15) is 5.75 Å². The number of benzene rings is 3. The highest BCUT2D eigenvalue weighted by atomic mass is 32.2. The predicted molar refractivity (Wildman–Crippen MR) is 165 cm³/mol. The summed E-state index contributed by atoms with van der Waals surface area (Å²) in [5, 5.41) is 28.5. The number of nitrogens with zero attached hydrogens (tertiary/aromatic N) is 1. The first kappa shape index (κ1) is 33.2. The second-order valence-electron chi connectivity index (χ2n) is 10.5. The molecule has 0 heterocycles. The highest BCUT2D eigenvalue weighted by Crippen LogP contribution is 2.27. The summed E-state index contributed by atoms with van der Waals surface area (Å²) in [5.41, 5.74) is 3.03. The van der Waals surface area contributed by atoms with E-state index in [4.69, 9.17) is 9.88 Å². The number of phenolic OH excluding ortho intramolecular Hbond substituents is 1. The standard InChI is InChI=1S/C32H43N3O6S/c33-42(39,40)29-15-10-14-26(21-29)11-6-9-20-41-19-8-2-1-7-18-35(23-27-12-4-3-5-13-27)24-32(38)28-16-17-31(37)30(22-28)34-25-36/h3-5,10,12-17,21-22,25,32,37-38H,1-2,6-9,11,18-20,23-24H2,(H,34,36)(H2,33,39,40)/t32-/m0/s1. The fourth-order valence-corrected chi connectivity index (χ4v) is 5.36. The Labute approximate surface area is 249 Å². The lowest BCUT2D eigenvalue weighted by Crippen LogP contribution is -2.29. The van der Waals surface area contributed by atoms with Crippen molar-refractivity contribution in [3.8, 4) is 5.75 Å². The number of sulfonamides is 1. The number of aryl methyl sites for hydroxylation is 1. The van der Waals surface area contributed by atoms with E-state index >= 15 is 0 Å². The zero-order valence-electron chi connectivity index (χ0n) is 24.0. The second-order valence-corrected chi connectivity index (χ2v) is 12.0. The molecular formula is C32H43N3O6S. The molecule has 3 rings (SSSR count). The minimum Gasteiger partial charge on any atom is -0.506 e. The number of amides is 1. The molecule has 0 saturated carbocycles. The number of phenols is 1. The quantitative estimate of drug-likeness (QED) is 0.0837. The van der Waals surface area contributed by atoms with Crippen molar-refractivity contribution in [2.75, 3.05) is 31.6 Å². The third-order valence-electron chi connectivity index (χ3n) is 7.04. The van der Waals surface area contributed by atoms with Crippen molar-refractivity contribution in [2.24, 2.45) is 5.14 Å². The van der Waals surface area contributed by atoms with Crippen LogP contribution in [0, 0.1) is 0 Å². The number of carbonyl (C=O) groups is 1. The Bertz CT molecular complexity index is 1340. The van der Waals surface area contributed by atoms with E-state index in [1.807, 2.05) is 24.3 Å². The van der Waals surface area contributed by atoms with Gasteiger partial charge in [-0.05, 0) is 79.6 Å². The Kier molecular flexibility index (Phi) is 13.9. The Morgan fingerprint density at radius 1 is 0.881 bits per heavy atom. The summed E-state index contributed by atoms with van der Waals surface area (Å²) in [6.07, 6.45) is 6.42. The SMILES string of the molecule is NS(=O)(=O)c1cccc(CCCCOCCCCCCN(Cc2ccccc2)C[C@H](O)c2ccc(O)c(NC=O)c2)c1. The van der Waals surface area contributed by atoms with Crippen molar-refractivity contribution in [2.45, 2.75) is 62.5 Å². The summed E-state index contributed by atoms with van der Waals surface area (Å²) in [6, 6.07) is 21.7. The van der Waals surface area contributed by atoms with Gasteiger partial charge >= 0.3 is 0 Å². The average molecular weight is 598 g/mol. The van der Waals surface area contributed by atoms with Crippen LogP contribution >= 0.6 is 0 Å². The monoisotopic (exact) mass is 597 g/mol. The van der Waals surface area contributed by atoms with Gasteiger partial charge in [0.05, 0.1) is 16.7 Å². The first-order valence-electron chi connectivity index (χ1n) is 14.4. The van der Waals surface area contributed by atoms with Gasteiger partial charge in [-0.3, -0.25) is 9.69 Å². The van der Waals surface area contributed by atoms with Crippen LogP contribution in [0.15, 0.2) is 77.7 Å². The van der Waals surface area contributed by atoms with Crippen LogP contribution in [0.1, 0.15) is 61.3 Å². The lowest BCUT2D eigenvalue weighted by Gasteiger charge is -2.26. The van der Waals surface area contributed by atoms with Crippen LogP contribution in [0.5, 0.6) is 5.75 Å². The maximum Gasteiger partial charge on any atom is 0.238 e. The molecule has 0 aliphatic rings. The molecule has 3 aromatic rings. The topological polar surface area (TPSA) is 142 Å². The van der Waals surface area contributed by atoms with Gasteiger partial charge in [-0.2, -0.15) is 0 Å². The lowest BCUT2D eigenvalue weighted by atomic mass is 10.1. The summed E-state index contributed by atoms with van der Waals surface area (Å²) in [7, 11) is -3.68. The van der Waals surface area contributed by atoms with Gasteiger partial charge in [-0.25, -0.2) is 13.6 Å². The molecule has 0 spiro atoms. The summed E-state index contributed by atoms with van der Waals surface area (Å²) < 4.78 is 28.8. The third-order valence-corrected chi connectivity index (χ3v) is 7.96. The molecule has 0 radical (unpaired) electrons. The molecule has 0 bridgehead atoms. The van der Waals surface area contributed by atoms with E-state index in [0.717, 1.165) is 57.1 Å². The minimum atomic E-state index is -3.68. The second kappa shape index (κ2) is 17.6. The van der Waals surface area contributed by atoms with E-state index < -0.39 is 16.1 Å². The third kappa shape index (κ3) is 11.9. The number of nitrogens with two attached hydrogens (primary N) is 1. The Morgan fingerprint density at radius 2 is 1.60 bits per heavy atom. The predicted octanol–water partition coefficient (Wildman–Crippen LogP) is 4.74. The molecule has 0 saturated heterocycles. The zero-order chi connectivity index (χ0) is 30.2. The molecule has 1 atom stereocenters. The smallest absolute Gasteiger partial charge is 0.238 e. The first-order chi connectivity index (χ1) is 20.3. The van der Waals surface area contributed by atoms with E-state index in [0.29, 0.717) is 38.3 Å². The van der Waals surface area contributed by atoms with Gasteiger partial charge < -0.3 is 20.3 Å². The molecular weight excluding hydrogens is 554 g/mol. The van der Waals surface area contributed by atoms with E-state index in [1.54, 1.807) is 24.3 Å². The van der Waals surface area contributed by atoms with Crippen molar-refractivity contribution in [3.05, 3.63) is 89.5 Å². The summed E-state index contributed by atoms with van der Waals surface area (Å²) in [5.74, 6) is -0.0451. The van der Waals surface area contributed by atoms with Gasteiger partial charge in [0.2, 0.25) is 16.4 Å². The zero-order valence-corrected chi connectivity index (χ0v) is 24.8. The largest absolute Gasteiger partial charge is 0.506 e. The molecule has 3 aromatic carbocycles. The number of aromatic hydroxyl groups is 1. The maximum atomic E-state index is 11.5. The van der Waals surface area contributed by atoms with E-state index in [1.165, 1.54) is 17.7 Å². The molecule has 0 aromatic heterocycles. The number of rotatable bonds is 20. The van der Waals surface area contributed by atoms with Crippen LogP contribution in [0.3, 0.4) is 0 Å².